The van der Waals surface area contributed by atoms with Gasteiger partial charge in [0.1, 0.15) is 11.3 Å². The Kier molecular flexibility index (Phi) is 9.49. The molecule has 2 aromatic rings. The van der Waals surface area contributed by atoms with Crippen molar-refractivity contribution in [3.63, 3.8) is 0 Å². The first kappa shape index (κ1) is 28.7. The number of ether oxygens (including phenoxy) is 2. The van der Waals surface area contributed by atoms with Crippen molar-refractivity contribution in [1.29, 1.82) is 0 Å². The van der Waals surface area contributed by atoms with Crippen LogP contribution in [-0.2, 0) is 25.9 Å². The molecule has 0 aliphatic heterocycles. The molecule has 194 valence electrons. The van der Waals surface area contributed by atoms with Gasteiger partial charge in [0.25, 0.3) is 5.91 Å². The molecule has 1 aromatic carbocycles. The lowest BCUT2D eigenvalue weighted by Crippen LogP contribution is -2.50. The van der Waals surface area contributed by atoms with Gasteiger partial charge in [-0.2, -0.15) is 0 Å². The predicted octanol–water partition coefficient (Wildman–Crippen LogP) is 2.70. The number of rotatable bonds is 7. The number of carbonyl (C=O) groups is 3. The highest BCUT2D eigenvalue weighted by Crippen LogP contribution is 2.20. The first-order valence-corrected chi connectivity index (χ1v) is 12.7. The molecule has 0 radical (unpaired) electrons. The summed E-state index contributed by atoms with van der Waals surface area (Å²) in [6.45, 7) is 5.82. The maximum atomic E-state index is 13.6. The van der Waals surface area contributed by atoms with E-state index < -0.39 is 51.4 Å². The number of imidazole rings is 1. The third-order valence-electron chi connectivity index (χ3n) is 4.47. The van der Waals surface area contributed by atoms with Crippen molar-refractivity contribution in [1.82, 2.24) is 20.0 Å². The minimum Gasteiger partial charge on any atom is -0.464 e. The molecule has 0 bridgehead atoms. The van der Waals surface area contributed by atoms with Gasteiger partial charge in [-0.25, -0.2) is 33.4 Å². The van der Waals surface area contributed by atoms with E-state index in [-0.39, 0.29) is 22.4 Å². The maximum Gasteiger partial charge on any atom is 0.426 e. The number of nitrogens with one attached hydrogen (secondary N) is 1. The number of hydrogen-bond donors (Lipinski definition) is 1. The standard InChI is InChI=1S/C23H27ClN4O7S/c1-6-7-13-27-18(17(20(30)34-5)25-21(27)24)19(29)28(26-22(31)35-23(2,3)4)14-15-36(32,33)16-11-9-8-10-12-16/h8-12H,13-15H2,1-5H3,(H,26,31). The lowest BCUT2D eigenvalue weighted by Gasteiger charge is -2.26. The number of methoxy groups -OCH3 is 1. The topological polar surface area (TPSA) is 137 Å². The molecule has 2 rings (SSSR count). The van der Waals surface area contributed by atoms with Crippen LogP contribution in [0, 0.1) is 11.8 Å². The van der Waals surface area contributed by atoms with Crippen LogP contribution >= 0.6 is 11.6 Å². The van der Waals surface area contributed by atoms with Crippen LogP contribution in [0.1, 0.15) is 48.7 Å². The van der Waals surface area contributed by atoms with Crippen LogP contribution in [0.5, 0.6) is 0 Å². The predicted molar refractivity (Wildman–Crippen MR) is 131 cm³/mol. The number of amides is 2. The molecule has 0 aliphatic carbocycles. The Morgan fingerprint density at radius 3 is 2.39 bits per heavy atom. The summed E-state index contributed by atoms with van der Waals surface area (Å²) < 4.78 is 36.7. The largest absolute Gasteiger partial charge is 0.464 e. The molecule has 0 unspecified atom stereocenters. The highest BCUT2D eigenvalue weighted by molar-refractivity contribution is 7.91. The van der Waals surface area contributed by atoms with E-state index in [1.54, 1.807) is 45.9 Å². The average Bonchev–Trinajstić information content (AvgIpc) is 3.14. The number of hydrogen-bond acceptors (Lipinski definition) is 8. The van der Waals surface area contributed by atoms with Crippen molar-refractivity contribution in [2.24, 2.45) is 0 Å². The van der Waals surface area contributed by atoms with E-state index >= 15 is 0 Å². The minimum absolute atomic E-state index is 0.0382. The van der Waals surface area contributed by atoms with E-state index in [9.17, 15) is 22.8 Å². The smallest absolute Gasteiger partial charge is 0.426 e. The van der Waals surface area contributed by atoms with E-state index in [1.165, 1.54) is 12.1 Å². The number of esters is 1. The Labute approximate surface area is 214 Å². The van der Waals surface area contributed by atoms with Crippen LogP contribution < -0.4 is 5.43 Å². The van der Waals surface area contributed by atoms with E-state index in [2.05, 4.69) is 22.3 Å². The highest BCUT2D eigenvalue weighted by Gasteiger charge is 2.33. The van der Waals surface area contributed by atoms with Crippen molar-refractivity contribution in [2.75, 3.05) is 19.4 Å². The Balaban J connectivity index is 2.51. The van der Waals surface area contributed by atoms with Gasteiger partial charge in [-0.1, -0.05) is 24.1 Å². The Morgan fingerprint density at radius 1 is 1.19 bits per heavy atom. The second kappa shape index (κ2) is 11.9. The Hall–Kier alpha value is -3.56. The zero-order chi connectivity index (χ0) is 27.1. The summed E-state index contributed by atoms with van der Waals surface area (Å²) in [4.78, 5) is 42.4. The van der Waals surface area contributed by atoms with Crippen molar-refractivity contribution < 1.29 is 32.3 Å². The molecule has 0 fully saturated rings. The van der Waals surface area contributed by atoms with Gasteiger partial charge >= 0.3 is 12.1 Å². The molecule has 13 heteroatoms. The van der Waals surface area contributed by atoms with Gasteiger partial charge in [0.05, 0.1) is 30.8 Å². The molecule has 0 saturated carbocycles. The van der Waals surface area contributed by atoms with Crippen LogP contribution in [0.3, 0.4) is 0 Å². The second-order valence-corrected chi connectivity index (χ2v) is 10.7. The summed E-state index contributed by atoms with van der Waals surface area (Å²) in [5.41, 5.74) is 0.581. The van der Waals surface area contributed by atoms with Crippen molar-refractivity contribution in [2.45, 2.75) is 44.7 Å². The van der Waals surface area contributed by atoms with Crippen molar-refractivity contribution in [3.05, 3.63) is 47.0 Å². The maximum absolute atomic E-state index is 13.6. The summed E-state index contributed by atoms with van der Waals surface area (Å²) in [5, 5.41) is 0.500. The molecular formula is C23H27ClN4O7S. The third kappa shape index (κ3) is 7.47. The Bertz CT molecular complexity index is 1290. The molecule has 1 N–H and O–H groups in total. The number of hydrazine groups is 1. The molecule has 11 nitrogen and oxygen atoms in total. The molecule has 36 heavy (non-hydrogen) atoms. The average molecular weight is 539 g/mol. The highest BCUT2D eigenvalue weighted by atomic mass is 35.5. The molecule has 1 aromatic heterocycles. The summed E-state index contributed by atoms with van der Waals surface area (Å²) in [5.74, 6) is 2.88. The van der Waals surface area contributed by atoms with Crippen LogP contribution in [0.25, 0.3) is 0 Å². The first-order chi connectivity index (χ1) is 16.8. The summed E-state index contributed by atoms with van der Waals surface area (Å²) in [7, 11) is -2.74. The first-order valence-electron chi connectivity index (χ1n) is 10.6. The van der Waals surface area contributed by atoms with E-state index in [4.69, 9.17) is 21.1 Å². The van der Waals surface area contributed by atoms with Gasteiger partial charge in [0.2, 0.25) is 5.28 Å². The molecule has 0 saturated heterocycles. The third-order valence-corrected chi connectivity index (χ3v) is 6.47. The number of carbonyl (C=O) groups excluding carboxylic acids is 3. The van der Waals surface area contributed by atoms with Crippen LogP contribution in [0.15, 0.2) is 35.2 Å². The number of benzene rings is 1. The Morgan fingerprint density at radius 2 is 1.83 bits per heavy atom. The zero-order valence-electron chi connectivity index (χ0n) is 20.5. The summed E-state index contributed by atoms with van der Waals surface area (Å²) in [6.07, 6.45) is -1.02. The molecule has 2 amide bonds. The van der Waals surface area contributed by atoms with Gasteiger partial charge in [-0.3, -0.25) is 9.36 Å². The molecular weight excluding hydrogens is 512 g/mol. The van der Waals surface area contributed by atoms with Gasteiger partial charge in [-0.05, 0) is 51.4 Å². The SMILES string of the molecule is CC#CCn1c(Cl)nc(C(=O)OC)c1C(=O)N(CCS(=O)(=O)c1ccccc1)NC(=O)OC(C)(C)C. The molecule has 0 atom stereocenters. The van der Waals surface area contributed by atoms with Gasteiger partial charge in [0.15, 0.2) is 15.5 Å². The molecule has 0 aliphatic rings. The fourth-order valence-corrected chi connectivity index (χ4v) is 4.35. The van der Waals surface area contributed by atoms with Gasteiger partial charge in [0, 0.05) is 0 Å². The lowest BCUT2D eigenvalue weighted by molar-refractivity contribution is 0.0299. The van der Waals surface area contributed by atoms with Gasteiger partial charge < -0.3 is 9.47 Å². The quantitative estimate of drug-likeness (QED) is 0.323. The fraction of sp³-hybridized carbons (Fsp3) is 0.391. The van der Waals surface area contributed by atoms with E-state index in [1.807, 2.05) is 0 Å². The van der Waals surface area contributed by atoms with Crippen molar-refractivity contribution in [3.8, 4) is 11.8 Å². The van der Waals surface area contributed by atoms with E-state index in [0.717, 1.165) is 16.7 Å². The lowest BCUT2D eigenvalue weighted by atomic mass is 10.2. The van der Waals surface area contributed by atoms with E-state index in [0.29, 0.717) is 0 Å². The van der Waals surface area contributed by atoms with Crippen molar-refractivity contribution >= 4 is 39.4 Å². The van der Waals surface area contributed by atoms with Crippen LogP contribution in [0.4, 0.5) is 4.79 Å². The van der Waals surface area contributed by atoms with Gasteiger partial charge in [-0.15, -0.1) is 5.92 Å². The van der Waals surface area contributed by atoms with Crippen LogP contribution in [-0.4, -0.2) is 66.0 Å². The monoisotopic (exact) mass is 538 g/mol. The normalized spacial score (nSPS) is 11.2. The summed E-state index contributed by atoms with van der Waals surface area (Å²) in [6, 6.07) is 7.61. The zero-order valence-corrected chi connectivity index (χ0v) is 22.1. The number of sulfone groups is 1. The molecule has 0 spiro atoms. The number of aromatic nitrogens is 2. The fourth-order valence-electron chi connectivity index (χ4n) is 2.89. The number of nitrogens with zero attached hydrogens (tertiary/aromatic N) is 3. The minimum atomic E-state index is -3.84. The van der Waals surface area contributed by atoms with Crippen LogP contribution in [0.2, 0.25) is 5.28 Å². The number of halogens is 1. The second-order valence-electron chi connectivity index (χ2n) is 8.28. The molecule has 1 heterocycles. The summed E-state index contributed by atoms with van der Waals surface area (Å²) >= 11 is 6.16.